The number of pyridine rings is 1. The first-order valence-electron chi connectivity index (χ1n) is 8.73. The molecule has 3 heterocycles. The summed E-state index contributed by atoms with van der Waals surface area (Å²) in [5.41, 5.74) is 8.77. The number of carbonyl (C=O) groups excluding carboxylic acids is 1. The number of hydrogen-bond donors (Lipinski definition) is 1. The normalized spacial score (nSPS) is 15.8. The van der Waals surface area contributed by atoms with Gasteiger partial charge < -0.3 is 15.4 Å². The fraction of sp³-hybridized carbons (Fsp3) is 0.556. The summed E-state index contributed by atoms with van der Waals surface area (Å²) >= 11 is 0. The van der Waals surface area contributed by atoms with Crippen LogP contribution in [-0.4, -0.2) is 47.2 Å². The van der Waals surface area contributed by atoms with Crippen molar-refractivity contribution in [2.45, 2.75) is 39.5 Å². The van der Waals surface area contributed by atoms with Crippen LogP contribution in [0.15, 0.2) is 18.3 Å². The Balaban J connectivity index is 0.00000100. The lowest BCUT2D eigenvalue weighted by molar-refractivity contribution is 0.0527. The van der Waals surface area contributed by atoms with Crippen LogP contribution in [0.5, 0.6) is 0 Å². The van der Waals surface area contributed by atoms with Crippen molar-refractivity contribution in [3.63, 3.8) is 0 Å². The second-order valence-electron chi connectivity index (χ2n) is 5.88. The summed E-state index contributed by atoms with van der Waals surface area (Å²) in [6, 6.07) is 3.86. The Morgan fingerprint density at radius 2 is 2.00 bits per heavy atom. The van der Waals surface area contributed by atoms with Crippen LogP contribution in [0.2, 0.25) is 0 Å². The zero-order valence-corrected chi connectivity index (χ0v) is 15.1. The van der Waals surface area contributed by atoms with E-state index in [9.17, 15) is 4.79 Å². The van der Waals surface area contributed by atoms with Crippen LogP contribution in [0.1, 0.15) is 55.6 Å². The molecule has 0 amide bonds. The highest BCUT2D eigenvalue weighted by Crippen LogP contribution is 2.28. The summed E-state index contributed by atoms with van der Waals surface area (Å²) in [4.78, 5) is 14.2. The molecule has 1 saturated heterocycles. The standard InChI is InChI=1S/C16H22N4O2.C2H6/c1-3-22-16(21)13-10-20-12(8-14(13)17)9-15(18-20)11-4-6-19(2)7-5-11;1-2/h8-11H,3-7,17H2,1-2H3;1-2H3. The second kappa shape index (κ2) is 8.15. The Kier molecular flexibility index (Phi) is 6.20. The molecule has 6 heteroatoms. The molecule has 1 aliphatic heterocycles. The molecule has 0 saturated carbocycles. The van der Waals surface area contributed by atoms with Crippen molar-refractivity contribution in [1.29, 1.82) is 0 Å². The van der Waals surface area contributed by atoms with Crippen molar-refractivity contribution in [3.8, 4) is 0 Å². The van der Waals surface area contributed by atoms with E-state index in [-0.39, 0.29) is 0 Å². The summed E-state index contributed by atoms with van der Waals surface area (Å²) < 4.78 is 6.76. The van der Waals surface area contributed by atoms with Crippen molar-refractivity contribution >= 4 is 17.2 Å². The lowest BCUT2D eigenvalue weighted by Gasteiger charge is -2.27. The van der Waals surface area contributed by atoms with E-state index in [2.05, 4.69) is 23.1 Å². The number of piperidine rings is 1. The molecule has 3 rings (SSSR count). The third kappa shape index (κ3) is 3.87. The maximum Gasteiger partial charge on any atom is 0.341 e. The van der Waals surface area contributed by atoms with Gasteiger partial charge in [-0.1, -0.05) is 13.8 Å². The van der Waals surface area contributed by atoms with E-state index >= 15 is 0 Å². The third-order valence-electron chi connectivity index (χ3n) is 4.28. The molecule has 0 bridgehead atoms. The predicted molar refractivity (Wildman–Crippen MR) is 96.4 cm³/mol. The van der Waals surface area contributed by atoms with Crippen molar-refractivity contribution in [1.82, 2.24) is 14.5 Å². The number of carbonyl (C=O) groups is 1. The van der Waals surface area contributed by atoms with Gasteiger partial charge in [0, 0.05) is 17.8 Å². The number of hydrogen-bond acceptors (Lipinski definition) is 5. The van der Waals surface area contributed by atoms with Crippen LogP contribution < -0.4 is 5.73 Å². The summed E-state index contributed by atoms with van der Waals surface area (Å²) in [5, 5.41) is 4.64. The molecule has 6 nitrogen and oxygen atoms in total. The Morgan fingerprint density at radius 1 is 1.33 bits per heavy atom. The van der Waals surface area contributed by atoms with Crippen LogP contribution in [0.3, 0.4) is 0 Å². The summed E-state index contributed by atoms with van der Waals surface area (Å²) in [7, 11) is 2.15. The summed E-state index contributed by atoms with van der Waals surface area (Å²) in [5.74, 6) is 0.0709. The number of rotatable bonds is 3. The molecule has 24 heavy (non-hydrogen) atoms. The number of ether oxygens (including phenoxy) is 1. The highest BCUT2D eigenvalue weighted by Gasteiger charge is 2.21. The number of esters is 1. The zero-order chi connectivity index (χ0) is 17.7. The lowest BCUT2D eigenvalue weighted by Crippen LogP contribution is -2.29. The highest BCUT2D eigenvalue weighted by molar-refractivity contribution is 5.95. The van der Waals surface area contributed by atoms with E-state index in [0.29, 0.717) is 23.8 Å². The predicted octanol–water partition coefficient (Wildman–Crippen LogP) is 2.93. The van der Waals surface area contributed by atoms with Gasteiger partial charge in [0.2, 0.25) is 0 Å². The number of nitrogen functional groups attached to an aromatic ring is 1. The molecular formula is C18H28N4O2. The number of aromatic nitrogens is 2. The Bertz CT molecular complexity index is 688. The van der Waals surface area contributed by atoms with E-state index in [0.717, 1.165) is 37.1 Å². The molecule has 0 unspecified atom stereocenters. The van der Waals surface area contributed by atoms with Gasteiger partial charge in [0.15, 0.2) is 0 Å². The molecule has 0 aromatic carbocycles. The van der Waals surface area contributed by atoms with Crippen LogP contribution in [0, 0.1) is 0 Å². The third-order valence-corrected chi connectivity index (χ3v) is 4.28. The van der Waals surface area contributed by atoms with Gasteiger partial charge in [0.05, 0.1) is 17.8 Å². The van der Waals surface area contributed by atoms with Gasteiger partial charge >= 0.3 is 5.97 Å². The number of likely N-dealkylation sites (tertiary alicyclic amines) is 1. The monoisotopic (exact) mass is 332 g/mol. The zero-order valence-electron chi connectivity index (χ0n) is 15.1. The smallest absolute Gasteiger partial charge is 0.341 e. The fourth-order valence-corrected chi connectivity index (χ4v) is 2.96. The van der Waals surface area contributed by atoms with Gasteiger partial charge in [-0.2, -0.15) is 5.10 Å². The van der Waals surface area contributed by atoms with E-state index < -0.39 is 5.97 Å². The van der Waals surface area contributed by atoms with Crippen molar-refractivity contribution in [2.75, 3.05) is 32.5 Å². The average Bonchev–Trinajstić information content (AvgIpc) is 2.99. The molecule has 2 aromatic rings. The minimum absolute atomic E-state index is 0.330. The molecule has 0 atom stereocenters. The molecule has 0 aliphatic carbocycles. The molecule has 0 spiro atoms. The summed E-state index contributed by atoms with van der Waals surface area (Å²) in [6.07, 6.45) is 3.89. The van der Waals surface area contributed by atoms with Crippen molar-refractivity contribution in [3.05, 3.63) is 29.6 Å². The van der Waals surface area contributed by atoms with E-state index in [1.165, 1.54) is 0 Å². The minimum atomic E-state index is -0.404. The molecule has 1 aliphatic rings. The van der Waals surface area contributed by atoms with Gasteiger partial charge in [-0.15, -0.1) is 0 Å². The Morgan fingerprint density at radius 3 is 2.62 bits per heavy atom. The molecule has 2 aromatic heterocycles. The average molecular weight is 332 g/mol. The van der Waals surface area contributed by atoms with Gasteiger partial charge in [-0.3, -0.25) is 0 Å². The van der Waals surface area contributed by atoms with Crippen LogP contribution in [0.4, 0.5) is 5.69 Å². The SMILES string of the molecule is CC.CCOC(=O)c1cn2nc(C3CCN(C)CC3)cc2cc1N. The van der Waals surface area contributed by atoms with E-state index in [1.807, 2.05) is 13.8 Å². The van der Waals surface area contributed by atoms with Gasteiger partial charge in [-0.05, 0) is 52.0 Å². The Hall–Kier alpha value is -2.08. The first-order chi connectivity index (χ1) is 11.6. The number of fused-ring (bicyclic) bond motifs is 1. The molecule has 2 N–H and O–H groups in total. The fourth-order valence-electron chi connectivity index (χ4n) is 2.96. The van der Waals surface area contributed by atoms with Crippen LogP contribution >= 0.6 is 0 Å². The largest absolute Gasteiger partial charge is 0.462 e. The Labute approximate surface area is 143 Å². The van der Waals surface area contributed by atoms with Gasteiger partial charge in [0.1, 0.15) is 5.56 Å². The maximum absolute atomic E-state index is 11.9. The summed E-state index contributed by atoms with van der Waals surface area (Å²) in [6.45, 7) is 8.29. The minimum Gasteiger partial charge on any atom is -0.462 e. The number of nitrogens with two attached hydrogens (primary N) is 1. The van der Waals surface area contributed by atoms with E-state index in [4.69, 9.17) is 10.5 Å². The van der Waals surface area contributed by atoms with Crippen molar-refractivity contribution < 1.29 is 9.53 Å². The number of anilines is 1. The highest BCUT2D eigenvalue weighted by atomic mass is 16.5. The quantitative estimate of drug-likeness (QED) is 0.875. The second-order valence-corrected chi connectivity index (χ2v) is 5.88. The molecule has 1 fully saturated rings. The molecule has 132 valence electrons. The van der Waals surface area contributed by atoms with Crippen molar-refractivity contribution in [2.24, 2.45) is 0 Å². The maximum atomic E-state index is 11.9. The first-order valence-corrected chi connectivity index (χ1v) is 8.73. The van der Waals surface area contributed by atoms with Gasteiger partial charge in [-0.25, -0.2) is 9.31 Å². The lowest BCUT2D eigenvalue weighted by atomic mass is 9.94. The topological polar surface area (TPSA) is 72.9 Å². The van der Waals surface area contributed by atoms with Crippen LogP contribution in [0.25, 0.3) is 5.52 Å². The van der Waals surface area contributed by atoms with Crippen LogP contribution in [-0.2, 0) is 4.74 Å². The van der Waals surface area contributed by atoms with Gasteiger partial charge in [0.25, 0.3) is 0 Å². The van der Waals surface area contributed by atoms with E-state index in [1.54, 1.807) is 23.7 Å². The molecular weight excluding hydrogens is 304 g/mol. The molecule has 0 radical (unpaired) electrons. The first kappa shape index (κ1) is 18.3. The number of nitrogens with zero attached hydrogens (tertiary/aromatic N) is 3.